The smallest absolute Gasteiger partial charge is 0.317 e. The number of pyridine rings is 1. The fourth-order valence-corrected chi connectivity index (χ4v) is 1.53. The van der Waals surface area contributed by atoms with Gasteiger partial charge in [0.05, 0.1) is 18.8 Å². The van der Waals surface area contributed by atoms with E-state index < -0.39 is 5.82 Å². The van der Waals surface area contributed by atoms with Crippen molar-refractivity contribution in [2.45, 2.75) is 19.9 Å². The molecule has 0 saturated heterocycles. The normalized spacial score (nSPS) is 10.2. The summed E-state index contributed by atoms with van der Waals surface area (Å²) in [6, 6.07) is 2.47. The van der Waals surface area contributed by atoms with Crippen molar-refractivity contribution in [2.24, 2.45) is 0 Å². The predicted molar refractivity (Wildman–Crippen MR) is 65.4 cm³/mol. The van der Waals surface area contributed by atoms with E-state index in [0.29, 0.717) is 6.54 Å². The van der Waals surface area contributed by atoms with Crippen molar-refractivity contribution in [1.29, 1.82) is 0 Å². The van der Waals surface area contributed by atoms with Crippen molar-refractivity contribution in [1.82, 2.24) is 15.2 Å². The van der Waals surface area contributed by atoms with Gasteiger partial charge in [-0.1, -0.05) is 6.92 Å². The third kappa shape index (κ3) is 4.29. The van der Waals surface area contributed by atoms with Gasteiger partial charge in [0, 0.05) is 19.3 Å². The van der Waals surface area contributed by atoms with E-state index in [9.17, 15) is 9.18 Å². The van der Waals surface area contributed by atoms with E-state index in [4.69, 9.17) is 5.11 Å². The Bertz CT molecular complexity index is 381. The molecule has 18 heavy (non-hydrogen) atoms. The van der Waals surface area contributed by atoms with Crippen LogP contribution in [0.25, 0.3) is 0 Å². The molecule has 100 valence electrons. The first-order valence-corrected chi connectivity index (χ1v) is 5.92. The third-order valence-electron chi connectivity index (χ3n) is 2.39. The van der Waals surface area contributed by atoms with Crippen LogP contribution < -0.4 is 5.32 Å². The van der Waals surface area contributed by atoms with Crippen LogP contribution in [0.3, 0.4) is 0 Å². The summed E-state index contributed by atoms with van der Waals surface area (Å²) in [4.78, 5) is 17.1. The zero-order valence-corrected chi connectivity index (χ0v) is 10.4. The van der Waals surface area contributed by atoms with Crippen LogP contribution >= 0.6 is 0 Å². The zero-order chi connectivity index (χ0) is 13.4. The number of hydrogen-bond donors (Lipinski definition) is 2. The van der Waals surface area contributed by atoms with Crippen LogP contribution in [0.4, 0.5) is 9.18 Å². The molecule has 2 amide bonds. The molecule has 0 aliphatic rings. The average molecular weight is 255 g/mol. The number of aliphatic hydroxyl groups excluding tert-OH is 1. The molecular formula is C12H18FN3O2. The quantitative estimate of drug-likeness (QED) is 0.801. The highest BCUT2D eigenvalue weighted by molar-refractivity contribution is 5.74. The Morgan fingerprint density at radius 2 is 2.33 bits per heavy atom. The minimum absolute atomic E-state index is 0.0388. The lowest BCUT2D eigenvalue weighted by atomic mass is 10.3. The Morgan fingerprint density at radius 1 is 1.56 bits per heavy atom. The topological polar surface area (TPSA) is 65.5 Å². The van der Waals surface area contributed by atoms with Gasteiger partial charge in [-0.25, -0.2) is 9.18 Å². The molecule has 1 heterocycles. The fourth-order valence-electron chi connectivity index (χ4n) is 1.53. The third-order valence-corrected chi connectivity index (χ3v) is 2.39. The van der Waals surface area contributed by atoms with E-state index in [-0.39, 0.29) is 31.4 Å². The molecule has 0 aliphatic carbocycles. The van der Waals surface area contributed by atoms with Crippen molar-refractivity contribution in [3.63, 3.8) is 0 Å². The summed E-state index contributed by atoms with van der Waals surface area (Å²) in [7, 11) is 0. The van der Waals surface area contributed by atoms with Crippen molar-refractivity contribution in [3.8, 4) is 0 Å². The first-order valence-electron chi connectivity index (χ1n) is 5.92. The fraction of sp³-hybridized carbons (Fsp3) is 0.500. The second kappa shape index (κ2) is 7.60. The summed E-state index contributed by atoms with van der Waals surface area (Å²) in [5.74, 6) is -0.443. The monoisotopic (exact) mass is 255 g/mol. The van der Waals surface area contributed by atoms with E-state index in [2.05, 4.69) is 10.3 Å². The molecule has 0 aliphatic heterocycles. The van der Waals surface area contributed by atoms with Crippen molar-refractivity contribution >= 4 is 6.03 Å². The summed E-state index contributed by atoms with van der Waals surface area (Å²) in [5, 5.41) is 11.4. The molecule has 6 heteroatoms. The lowest BCUT2D eigenvalue weighted by Crippen LogP contribution is -2.41. The van der Waals surface area contributed by atoms with Gasteiger partial charge in [0.25, 0.3) is 0 Å². The number of aromatic nitrogens is 1. The summed E-state index contributed by atoms with van der Waals surface area (Å²) in [6.07, 6.45) is 2.27. The Balaban J connectivity index is 2.51. The molecule has 2 N–H and O–H groups in total. The SMILES string of the molecule is CCCN(CCO)C(=O)NCc1ncccc1F. The Hall–Kier alpha value is -1.69. The van der Waals surface area contributed by atoms with Crippen molar-refractivity contribution in [2.75, 3.05) is 19.7 Å². The maximum Gasteiger partial charge on any atom is 0.317 e. The first-order chi connectivity index (χ1) is 8.69. The Kier molecular flexibility index (Phi) is 6.07. The molecule has 1 aromatic rings. The van der Waals surface area contributed by atoms with E-state index in [1.807, 2.05) is 6.92 Å². The number of nitrogens with zero attached hydrogens (tertiary/aromatic N) is 2. The lowest BCUT2D eigenvalue weighted by Gasteiger charge is -2.21. The van der Waals surface area contributed by atoms with Crippen LogP contribution in [0.5, 0.6) is 0 Å². The average Bonchev–Trinajstić information content (AvgIpc) is 2.37. The van der Waals surface area contributed by atoms with E-state index in [1.54, 1.807) is 0 Å². The first kappa shape index (κ1) is 14.4. The predicted octanol–water partition coefficient (Wildman–Crippen LogP) is 1.13. The van der Waals surface area contributed by atoms with Crippen LogP contribution in [-0.2, 0) is 6.54 Å². The highest BCUT2D eigenvalue weighted by Crippen LogP contribution is 2.02. The van der Waals surface area contributed by atoms with Gasteiger partial charge in [0.1, 0.15) is 5.82 Å². The lowest BCUT2D eigenvalue weighted by molar-refractivity contribution is 0.176. The molecule has 0 bridgehead atoms. The van der Waals surface area contributed by atoms with Crippen LogP contribution in [0, 0.1) is 5.82 Å². The highest BCUT2D eigenvalue weighted by Gasteiger charge is 2.12. The van der Waals surface area contributed by atoms with E-state index >= 15 is 0 Å². The number of rotatable bonds is 6. The summed E-state index contributed by atoms with van der Waals surface area (Å²) >= 11 is 0. The van der Waals surface area contributed by atoms with Gasteiger partial charge in [0.15, 0.2) is 0 Å². The second-order valence-electron chi connectivity index (χ2n) is 3.80. The molecular weight excluding hydrogens is 237 g/mol. The van der Waals surface area contributed by atoms with E-state index in [0.717, 1.165) is 6.42 Å². The second-order valence-corrected chi connectivity index (χ2v) is 3.80. The molecule has 0 saturated carbocycles. The van der Waals surface area contributed by atoms with Gasteiger partial charge in [-0.2, -0.15) is 0 Å². The molecule has 1 rings (SSSR count). The van der Waals surface area contributed by atoms with Crippen LogP contribution in [0.1, 0.15) is 19.0 Å². The van der Waals surface area contributed by atoms with Gasteiger partial charge in [-0.3, -0.25) is 4.98 Å². The van der Waals surface area contributed by atoms with Gasteiger partial charge < -0.3 is 15.3 Å². The van der Waals surface area contributed by atoms with Crippen molar-refractivity contribution < 1.29 is 14.3 Å². The number of hydrogen-bond acceptors (Lipinski definition) is 3. The molecule has 5 nitrogen and oxygen atoms in total. The van der Waals surface area contributed by atoms with Gasteiger partial charge >= 0.3 is 6.03 Å². The molecule has 1 aromatic heterocycles. The van der Waals surface area contributed by atoms with Gasteiger partial charge in [-0.15, -0.1) is 0 Å². The minimum atomic E-state index is -0.443. The minimum Gasteiger partial charge on any atom is -0.395 e. The summed E-state index contributed by atoms with van der Waals surface area (Å²) in [6.45, 7) is 2.71. The van der Waals surface area contributed by atoms with Crippen LogP contribution in [0.15, 0.2) is 18.3 Å². The standard InChI is InChI=1S/C12H18FN3O2/c1-2-6-16(7-8-17)12(18)15-9-11-10(13)4-3-5-14-11/h3-5,17H,2,6-9H2,1H3,(H,15,18). The molecule has 0 fully saturated rings. The zero-order valence-electron chi connectivity index (χ0n) is 10.4. The summed E-state index contributed by atoms with van der Waals surface area (Å²) in [5.41, 5.74) is 0.200. The number of carbonyl (C=O) groups is 1. The Morgan fingerprint density at radius 3 is 2.94 bits per heavy atom. The maximum absolute atomic E-state index is 13.3. The molecule has 0 atom stereocenters. The molecule has 0 radical (unpaired) electrons. The Labute approximate surface area is 106 Å². The van der Waals surface area contributed by atoms with Crippen LogP contribution in [-0.4, -0.2) is 40.7 Å². The highest BCUT2D eigenvalue weighted by atomic mass is 19.1. The molecule has 0 aromatic carbocycles. The maximum atomic E-state index is 13.3. The largest absolute Gasteiger partial charge is 0.395 e. The number of nitrogens with one attached hydrogen (secondary N) is 1. The number of urea groups is 1. The summed E-state index contributed by atoms with van der Waals surface area (Å²) < 4.78 is 13.3. The molecule has 0 unspecified atom stereocenters. The number of halogens is 1. The van der Waals surface area contributed by atoms with Crippen LogP contribution in [0.2, 0.25) is 0 Å². The number of aliphatic hydroxyl groups is 1. The van der Waals surface area contributed by atoms with Gasteiger partial charge in [-0.05, 0) is 18.6 Å². The number of carbonyl (C=O) groups excluding carboxylic acids is 1. The van der Waals surface area contributed by atoms with Crippen molar-refractivity contribution in [3.05, 3.63) is 29.8 Å². The van der Waals surface area contributed by atoms with Gasteiger partial charge in [0.2, 0.25) is 0 Å². The number of amides is 2. The van der Waals surface area contributed by atoms with E-state index in [1.165, 1.54) is 23.2 Å². The molecule has 0 spiro atoms.